The summed E-state index contributed by atoms with van der Waals surface area (Å²) < 4.78 is 10.4. The number of hydrogen-bond acceptors (Lipinski definition) is 4. The molecule has 0 unspecified atom stereocenters. The van der Waals surface area contributed by atoms with E-state index in [-0.39, 0.29) is 18.0 Å². The van der Waals surface area contributed by atoms with Gasteiger partial charge in [-0.05, 0) is 12.1 Å². The molecule has 1 amide bonds. The van der Waals surface area contributed by atoms with Crippen LogP contribution >= 0.6 is 0 Å². The van der Waals surface area contributed by atoms with Crippen molar-refractivity contribution < 1.29 is 14.3 Å². The van der Waals surface area contributed by atoms with Crippen LogP contribution in [0, 0.1) is 0 Å². The fraction of sp³-hybridized carbons (Fsp3) is 0.0909. The van der Waals surface area contributed by atoms with Crippen molar-refractivity contribution in [2.24, 2.45) is 0 Å². The van der Waals surface area contributed by atoms with Crippen molar-refractivity contribution in [1.29, 1.82) is 0 Å². The van der Waals surface area contributed by atoms with Gasteiger partial charge in [0.1, 0.15) is 5.69 Å². The van der Waals surface area contributed by atoms with Crippen LogP contribution in [0.5, 0.6) is 11.5 Å². The molecule has 18 heavy (non-hydrogen) atoms. The molecule has 1 aromatic carbocycles. The van der Waals surface area contributed by atoms with Crippen molar-refractivity contribution in [2.45, 2.75) is 0 Å². The molecule has 0 fully saturated rings. The Labute approximate surface area is 101 Å². The molecule has 2 heterocycles. The number of ether oxygens (including phenoxy) is 2. The average molecular weight is 247 g/mol. The highest BCUT2D eigenvalue weighted by molar-refractivity contribution is 6.02. The summed E-state index contributed by atoms with van der Waals surface area (Å²) in [5.74, 6) is 0.811. The van der Waals surface area contributed by atoms with E-state index in [1.807, 2.05) is 0 Å². The molecule has 7 heteroatoms. The third-order valence-electron chi connectivity index (χ3n) is 2.47. The predicted molar refractivity (Wildman–Crippen MR) is 61.9 cm³/mol. The molecule has 3 rings (SSSR count). The lowest BCUT2D eigenvalue weighted by molar-refractivity contribution is 0.102. The smallest absolute Gasteiger partial charge is 0.273 e. The van der Waals surface area contributed by atoms with Gasteiger partial charge in [-0.25, -0.2) is 0 Å². The number of aromatic amines is 2. The number of amides is 1. The first-order valence-electron chi connectivity index (χ1n) is 5.21. The standard InChI is InChI=1S/C11H9N3O4/c15-10-4-7(13-14-10)11(16)12-6-1-2-8-9(3-6)18-5-17-8/h1-4H,5H2,(H,12,16)(H2,13,14,15). The SMILES string of the molecule is O=C(Nc1ccc2c(c1)OCO2)c1cc(=O)[nH][nH]1. The second kappa shape index (κ2) is 3.95. The van der Waals surface area contributed by atoms with E-state index in [0.717, 1.165) is 0 Å². The number of carbonyl (C=O) groups is 1. The largest absolute Gasteiger partial charge is 0.454 e. The minimum Gasteiger partial charge on any atom is -0.454 e. The molecule has 1 aliphatic rings. The Morgan fingerprint density at radius 3 is 2.78 bits per heavy atom. The fourth-order valence-corrected chi connectivity index (χ4v) is 1.63. The lowest BCUT2D eigenvalue weighted by Gasteiger charge is -2.04. The van der Waals surface area contributed by atoms with Crippen LogP contribution in [0.4, 0.5) is 5.69 Å². The van der Waals surface area contributed by atoms with Crippen LogP contribution in [0.1, 0.15) is 10.5 Å². The molecule has 0 saturated carbocycles. The molecule has 0 atom stereocenters. The second-order valence-electron chi connectivity index (χ2n) is 3.69. The maximum atomic E-state index is 11.8. The number of carbonyl (C=O) groups excluding carboxylic acids is 1. The van der Waals surface area contributed by atoms with Crippen molar-refractivity contribution in [1.82, 2.24) is 10.2 Å². The Morgan fingerprint density at radius 2 is 2.00 bits per heavy atom. The van der Waals surface area contributed by atoms with Crippen LogP contribution in [0.15, 0.2) is 29.1 Å². The average Bonchev–Trinajstić information content (AvgIpc) is 2.96. The van der Waals surface area contributed by atoms with Crippen molar-refractivity contribution in [3.8, 4) is 11.5 Å². The zero-order valence-electron chi connectivity index (χ0n) is 9.15. The highest BCUT2D eigenvalue weighted by Gasteiger charge is 2.15. The molecule has 7 nitrogen and oxygen atoms in total. The van der Waals surface area contributed by atoms with Crippen molar-refractivity contribution in [3.05, 3.63) is 40.3 Å². The maximum absolute atomic E-state index is 11.8. The number of hydrogen-bond donors (Lipinski definition) is 3. The first-order chi connectivity index (χ1) is 8.72. The van der Waals surface area contributed by atoms with Gasteiger partial charge in [0.05, 0.1) is 0 Å². The Hall–Kier alpha value is -2.70. The summed E-state index contributed by atoms with van der Waals surface area (Å²) in [5.41, 5.74) is 0.370. The lowest BCUT2D eigenvalue weighted by Crippen LogP contribution is -2.12. The van der Waals surface area contributed by atoms with Gasteiger partial charge in [0.25, 0.3) is 11.5 Å². The van der Waals surface area contributed by atoms with Gasteiger partial charge in [-0.3, -0.25) is 19.8 Å². The summed E-state index contributed by atoms with van der Waals surface area (Å²) in [6.45, 7) is 0.178. The number of anilines is 1. The van der Waals surface area contributed by atoms with Crippen molar-refractivity contribution >= 4 is 11.6 Å². The van der Waals surface area contributed by atoms with E-state index in [4.69, 9.17) is 9.47 Å². The molecule has 1 aliphatic heterocycles. The highest BCUT2D eigenvalue weighted by atomic mass is 16.7. The minimum absolute atomic E-state index is 0.165. The zero-order chi connectivity index (χ0) is 12.5. The molecule has 0 spiro atoms. The van der Waals surface area contributed by atoms with Crippen LogP contribution in [-0.2, 0) is 0 Å². The molecule has 0 saturated heterocycles. The topological polar surface area (TPSA) is 96.2 Å². The van der Waals surface area contributed by atoms with Gasteiger partial charge in [0, 0.05) is 17.8 Å². The molecule has 0 aliphatic carbocycles. The third kappa shape index (κ3) is 1.81. The predicted octanol–water partition coefficient (Wildman–Crippen LogP) is 0.684. The van der Waals surface area contributed by atoms with E-state index < -0.39 is 5.91 Å². The van der Waals surface area contributed by atoms with Crippen molar-refractivity contribution in [3.63, 3.8) is 0 Å². The summed E-state index contributed by atoms with van der Waals surface area (Å²) in [6.07, 6.45) is 0. The first-order valence-corrected chi connectivity index (χ1v) is 5.21. The number of benzene rings is 1. The molecule has 2 aromatic rings. The lowest BCUT2D eigenvalue weighted by atomic mass is 10.2. The van der Waals surface area contributed by atoms with Gasteiger partial charge in [0.15, 0.2) is 11.5 Å². The fourth-order valence-electron chi connectivity index (χ4n) is 1.63. The van der Waals surface area contributed by atoms with Gasteiger partial charge in [0.2, 0.25) is 6.79 Å². The van der Waals surface area contributed by atoms with Gasteiger partial charge >= 0.3 is 0 Å². The zero-order valence-corrected chi connectivity index (χ0v) is 9.15. The summed E-state index contributed by atoms with van der Waals surface area (Å²) in [7, 11) is 0. The number of nitrogens with one attached hydrogen (secondary N) is 3. The quantitative estimate of drug-likeness (QED) is 0.727. The van der Waals surface area contributed by atoms with Crippen molar-refractivity contribution in [2.75, 3.05) is 12.1 Å². The van der Waals surface area contributed by atoms with Crippen LogP contribution in [0.3, 0.4) is 0 Å². The van der Waals surface area contributed by atoms with Gasteiger partial charge in [-0.2, -0.15) is 0 Å². The molecule has 92 valence electrons. The monoisotopic (exact) mass is 247 g/mol. The third-order valence-corrected chi connectivity index (χ3v) is 2.47. The molecular formula is C11H9N3O4. The van der Waals surface area contributed by atoms with E-state index in [0.29, 0.717) is 17.2 Å². The van der Waals surface area contributed by atoms with E-state index in [1.165, 1.54) is 6.07 Å². The maximum Gasteiger partial charge on any atom is 0.273 e. The van der Waals surface area contributed by atoms with Crippen LogP contribution in [-0.4, -0.2) is 22.9 Å². The number of H-pyrrole nitrogens is 2. The van der Waals surface area contributed by atoms with E-state index >= 15 is 0 Å². The summed E-state index contributed by atoms with van der Waals surface area (Å²) >= 11 is 0. The molecule has 0 radical (unpaired) electrons. The summed E-state index contributed by atoms with van der Waals surface area (Å²) in [4.78, 5) is 22.7. The van der Waals surface area contributed by atoms with Gasteiger partial charge in [-0.15, -0.1) is 0 Å². The second-order valence-corrected chi connectivity index (χ2v) is 3.69. The minimum atomic E-state index is -0.410. The number of aromatic nitrogens is 2. The highest BCUT2D eigenvalue weighted by Crippen LogP contribution is 2.34. The molecule has 3 N–H and O–H groups in total. The summed E-state index contributed by atoms with van der Waals surface area (Å²) in [5, 5.41) is 7.40. The Morgan fingerprint density at radius 1 is 1.17 bits per heavy atom. The number of rotatable bonds is 2. The van der Waals surface area contributed by atoms with Gasteiger partial charge < -0.3 is 14.8 Å². The molecular weight excluding hydrogens is 238 g/mol. The van der Waals surface area contributed by atoms with Crippen LogP contribution in [0.2, 0.25) is 0 Å². The first kappa shape index (κ1) is 10.5. The Balaban J connectivity index is 1.80. The number of fused-ring (bicyclic) bond motifs is 1. The van der Waals surface area contributed by atoms with Crippen LogP contribution < -0.4 is 20.3 Å². The molecule has 0 bridgehead atoms. The normalized spacial score (nSPS) is 12.4. The van der Waals surface area contributed by atoms with E-state index in [1.54, 1.807) is 18.2 Å². The summed E-state index contributed by atoms with van der Waals surface area (Å²) in [6, 6.07) is 6.24. The molecule has 1 aromatic heterocycles. The van der Waals surface area contributed by atoms with Crippen LogP contribution in [0.25, 0.3) is 0 Å². The Bertz CT molecular complexity index is 658. The van der Waals surface area contributed by atoms with E-state index in [2.05, 4.69) is 15.5 Å². The van der Waals surface area contributed by atoms with Gasteiger partial charge in [-0.1, -0.05) is 0 Å². The van der Waals surface area contributed by atoms with E-state index in [9.17, 15) is 9.59 Å². The Kier molecular flexibility index (Phi) is 2.30.